The third-order valence-electron chi connectivity index (χ3n) is 3.79. The zero-order valence-electron chi connectivity index (χ0n) is 9.58. The predicted octanol–water partition coefficient (Wildman–Crippen LogP) is 1.27. The molecule has 1 aliphatic heterocycles. The van der Waals surface area contributed by atoms with Crippen molar-refractivity contribution in [3.8, 4) is 0 Å². The minimum absolute atomic E-state index is 0.445. The zero-order chi connectivity index (χ0) is 10.5. The zero-order valence-corrected chi connectivity index (χ0v) is 9.58. The lowest BCUT2D eigenvalue weighted by Gasteiger charge is -2.16. The molecule has 3 atom stereocenters. The smallest absolute Gasteiger partial charge is 0.0588 e. The molecule has 1 aliphatic carbocycles. The summed E-state index contributed by atoms with van der Waals surface area (Å²) in [6, 6.07) is 0.445. The van der Waals surface area contributed by atoms with Crippen LogP contribution in [0.15, 0.2) is 0 Å². The third kappa shape index (κ3) is 3.44. The Balaban J connectivity index is 1.51. The molecular weight excluding hydrogens is 188 g/mol. The maximum absolute atomic E-state index is 6.02. The van der Waals surface area contributed by atoms with Crippen molar-refractivity contribution in [2.75, 3.05) is 19.7 Å². The normalized spacial score (nSPS) is 36.2. The second-order valence-corrected chi connectivity index (χ2v) is 4.98. The molecule has 3 nitrogen and oxygen atoms in total. The van der Waals surface area contributed by atoms with E-state index in [0.29, 0.717) is 12.1 Å². The average molecular weight is 212 g/mol. The molecule has 3 unspecified atom stereocenters. The Hall–Kier alpha value is -0.120. The lowest BCUT2D eigenvalue weighted by molar-refractivity contribution is 0.104. The number of ether oxygens (including phenoxy) is 1. The van der Waals surface area contributed by atoms with Crippen molar-refractivity contribution in [1.82, 2.24) is 5.32 Å². The van der Waals surface area contributed by atoms with E-state index in [1.54, 1.807) is 0 Å². The molecule has 0 aromatic heterocycles. The van der Waals surface area contributed by atoms with Gasteiger partial charge in [0, 0.05) is 12.6 Å². The van der Waals surface area contributed by atoms with Crippen LogP contribution in [0, 0.1) is 5.92 Å². The van der Waals surface area contributed by atoms with Gasteiger partial charge in [-0.2, -0.15) is 0 Å². The minimum atomic E-state index is 0.445. The molecule has 0 spiro atoms. The standard InChI is InChI=1S/C12H24N2O/c13-12-5-1-3-10(12)9-14-7-6-11-4-2-8-15-11/h10-12,14H,1-9,13H2. The van der Waals surface area contributed by atoms with Gasteiger partial charge in [-0.05, 0) is 51.1 Å². The van der Waals surface area contributed by atoms with E-state index in [2.05, 4.69) is 5.32 Å². The van der Waals surface area contributed by atoms with Crippen molar-refractivity contribution in [2.45, 2.75) is 50.7 Å². The Labute approximate surface area is 92.7 Å². The van der Waals surface area contributed by atoms with E-state index in [9.17, 15) is 0 Å². The summed E-state index contributed by atoms with van der Waals surface area (Å²) in [5, 5.41) is 3.52. The molecule has 0 amide bonds. The maximum atomic E-state index is 6.02. The number of rotatable bonds is 5. The highest BCUT2D eigenvalue weighted by atomic mass is 16.5. The van der Waals surface area contributed by atoms with Gasteiger partial charge < -0.3 is 15.8 Å². The number of nitrogens with one attached hydrogen (secondary N) is 1. The fourth-order valence-electron chi connectivity index (χ4n) is 2.74. The summed E-state index contributed by atoms with van der Waals surface area (Å²) in [7, 11) is 0. The Morgan fingerprint density at radius 2 is 2.13 bits per heavy atom. The summed E-state index contributed by atoms with van der Waals surface area (Å²) in [4.78, 5) is 0. The third-order valence-corrected chi connectivity index (χ3v) is 3.79. The topological polar surface area (TPSA) is 47.3 Å². The van der Waals surface area contributed by atoms with Crippen molar-refractivity contribution in [2.24, 2.45) is 11.7 Å². The van der Waals surface area contributed by atoms with Gasteiger partial charge in [0.05, 0.1) is 6.10 Å². The summed E-state index contributed by atoms with van der Waals surface area (Å²) in [5.41, 5.74) is 6.02. The predicted molar refractivity (Wildman–Crippen MR) is 61.8 cm³/mol. The van der Waals surface area contributed by atoms with Gasteiger partial charge >= 0.3 is 0 Å². The monoisotopic (exact) mass is 212 g/mol. The van der Waals surface area contributed by atoms with Gasteiger partial charge in [-0.25, -0.2) is 0 Å². The largest absolute Gasteiger partial charge is 0.378 e. The molecule has 1 saturated heterocycles. The summed E-state index contributed by atoms with van der Waals surface area (Å²) in [6.45, 7) is 3.17. The van der Waals surface area contributed by atoms with Crippen LogP contribution in [0.5, 0.6) is 0 Å². The van der Waals surface area contributed by atoms with Crippen LogP contribution in [-0.4, -0.2) is 31.8 Å². The Bertz CT molecular complexity index is 180. The van der Waals surface area contributed by atoms with E-state index < -0.39 is 0 Å². The first-order valence-corrected chi connectivity index (χ1v) is 6.44. The second kappa shape index (κ2) is 5.83. The van der Waals surface area contributed by atoms with Crippen molar-refractivity contribution in [1.29, 1.82) is 0 Å². The van der Waals surface area contributed by atoms with Gasteiger partial charge in [0.1, 0.15) is 0 Å². The molecular formula is C12H24N2O. The minimum Gasteiger partial charge on any atom is -0.378 e. The van der Waals surface area contributed by atoms with Gasteiger partial charge in [-0.3, -0.25) is 0 Å². The summed E-state index contributed by atoms with van der Waals surface area (Å²) in [6.07, 6.45) is 8.05. The summed E-state index contributed by atoms with van der Waals surface area (Å²) in [5.74, 6) is 0.717. The molecule has 2 aliphatic rings. The first kappa shape index (κ1) is 11.4. The van der Waals surface area contributed by atoms with E-state index in [4.69, 9.17) is 10.5 Å². The molecule has 15 heavy (non-hydrogen) atoms. The fourth-order valence-corrected chi connectivity index (χ4v) is 2.74. The lowest BCUT2D eigenvalue weighted by Crippen LogP contribution is -2.34. The maximum Gasteiger partial charge on any atom is 0.0588 e. The average Bonchev–Trinajstić information content (AvgIpc) is 2.85. The molecule has 3 heteroatoms. The molecule has 2 fully saturated rings. The highest BCUT2D eigenvalue weighted by Crippen LogP contribution is 2.23. The van der Waals surface area contributed by atoms with Crippen molar-refractivity contribution >= 4 is 0 Å². The van der Waals surface area contributed by atoms with Crippen LogP contribution in [0.2, 0.25) is 0 Å². The molecule has 88 valence electrons. The lowest BCUT2D eigenvalue weighted by atomic mass is 10.0. The molecule has 0 aromatic rings. The summed E-state index contributed by atoms with van der Waals surface area (Å²) >= 11 is 0. The highest BCUT2D eigenvalue weighted by molar-refractivity contribution is 4.81. The van der Waals surface area contributed by atoms with Crippen LogP contribution >= 0.6 is 0 Å². The van der Waals surface area contributed by atoms with Crippen molar-refractivity contribution in [3.63, 3.8) is 0 Å². The fraction of sp³-hybridized carbons (Fsp3) is 1.00. The van der Waals surface area contributed by atoms with E-state index >= 15 is 0 Å². The molecule has 3 N–H and O–H groups in total. The van der Waals surface area contributed by atoms with Crippen LogP contribution in [-0.2, 0) is 4.74 Å². The Morgan fingerprint density at radius 1 is 1.20 bits per heavy atom. The van der Waals surface area contributed by atoms with Gasteiger partial charge in [0.25, 0.3) is 0 Å². The Morgan fingerprint density at radius 3 is 2.80 bits per heavy atom. The van der Waals surface area contributed by atoms with Crippen LogP contribution in [0.25, 0.3) is 0 Å². The van der Waals surface area contributed by atoms with Gasteiger partial charge in [-0.1, -0.05) is 6.42 Å². The molecule has 0 aromatic carbocycles. The molecule has 1 saturated carbocycles. The van der Waals surface area contributed by atoms with E-state index in [0.717, 1.165) is 25.6 Å². The first-order valence-electron chi connectivity index (χ1n) is 6.44. The van der Waals surface area contributed by atoms with Crippen LogP contribution < -0.4 is 11.1 Å². The molecule has 1 heterocycles. The number of hydrogen-bond donors (Lipinski definition) is 2. The van der Waals surface area contributed by atoms with Crippen molar-refractivity contribution in [3.05, 3.63) is 0 Å². The Kier molecular flexibility index (Phi) is 4.42. The van der Waals surface area contributed by atoms with E-state index in [1.807, 2.05) is 0 Å². The molecule has 2 rings (SSSR count). The number of hydrogen-bond acceptors (Lipinski definition) is 3. The molecule has 0 radical (unpaired) electrons. The van der Waals surface area contributed by atoms with Crippen LogP contribution in [0.3, 0.4) is 0 Å². The van der Waals surface area contributed by atoms with E-state index in [1.165, 1.54) is 38.5 Å². The highest BCUT2D eigenvalue weighted by Gasteiger charge is 2.23. The molecule has 0 bridgehead atoms. The first-order chi connectivity index (χ1) is 7.36. The van der Waals surface area contributed by atoms with Crippen LogP contribution in [0.4, 0.5) is 0 Å². The van der Waals surface area contributed by atoms with E-state index in [-0.39, 0.29) is 0 Å². The second-order valence-electron chi connectivity index (χ2n) is 4.98. The number of nitrogens with two attached hydrogens (primary N) is 1. The van der Waals surface area contributed by atoms with Gasteiger partial charge in [0.2, 0.25) is 0 Å². The van der Waals surface area contributed by atoms with Crippen molar-refractivity contribution < 1.29 is 4.74 Å². The van der Waals surface area contributed by atoms with Gasteiger partial charge in [0.15, 0.2) is 0 Å². The quantitative estimate of drug-likeness (QED) is 0.675. The van der Waals surface area contributed by atoms with Crippen LogP contribution in [0.1, 0.15) is 38.5 Å². The summed E-state index contributed by atoms with van der Waals surface area (Å²) < 4.78 is 5.58. The SMILES string of the molecule is NC1CCCC1CNCCC1CCCO1. The van der Waals surface area contributed by atoms with Gasteiger partial charge in [-0.15, -0.1) is 0 Å².